The highest BCUT2D eigenvalue weighted by Crippen LogP contribution is 2.19. The van der Waals surface area contributed by atoms with Crippen molar-refractivity contribution in [1.82, 2.24) is 10.3 Å². The van der Waals surface area contributed by atoms with Gasteiger partial charge in [-0.05, 0) is 26.0 Å². The molecule has 2 rings (SSSR count). The molecule has 84 valence electrons. The Balaban J connectivity index is 2.14. The van der Waals surface area contributed by atoms with E-state index in [1.807, 2.05) is 19.3 Å². The summed E-state index contributed by atoms with van der Waals surface area (Å²) >= 11 is 0. The van der Waals surface area contributed by atoms with E-state index in [1.165, 1.54) is 12.8 Å². The molecule has 1 N–H and O–H groups in total. The molecule has 0 saturated carbocycles. The number of rotatable bonds is 2. The Morgan fingerprint density at radius 2 is 2.44 bits per heavy atom. The van der Waals surface area contributed by atoms with E-state index < -0.39 is 0 Å². The number of anilines is 1. The number of hydrogen-bond donors (Lipinski definition) is 1. The summed E-state index contributed by atoms with van der Waals surface area (Å²) in [5, 5.41) is 3.33. The van der Waals surface area contributed by atoms with Crippen molar-refractivity contribution in [3.8, 4) is 12.3 Å². The summed E-state index contributed by atoms with van der Waals surface area (Å²) in [5.74, 6) is 2.63. The maximum atomic E-state index is 5.38. The van der Waals surface area contributed by atoms with Crippen molar-refractivity contribution in [3.05, 3.63) is 24.0 Å². The largest absolute Gasteiger partial charge is 0.369 e. The lowest BCUT2D eigenvalue weighted by Crippen LogP contribution is -2.44. The number of terminal acetylenes is 1. The van der Waals surface area contributed by atoms with Crippen LogP contribution in [-0.2, 0) is 0 Å². The van der Waals surface area contributed by atoms with E-state index in [2.05, 4.69) is 21.1 Å². The van der Waals surface area contributed by atoms with E-state index in [-0.39, 0.29) is 0 Å². The zero-order valence-corrected chi connectivity index (χ0v) is 9.61. The third-order valence-corrected chi connectivity index (χ3v) is 3.09. The van der Waals surface area contributed by atoms with Gasteiger partial charge >= 0.3 is 0 Å². The quantitative estimate of drug-likeness (QED) is 0.753. The van der Waals surface area contributed by atoms with Crippen LogP contribution in [0.1, 0.15) is 18.4 Å². The van der Waals surface area contributed by atoms with Crippen LogP contribution in [0.25, 0.3) is 0 Å². The highest BCUT2D eigenvalue weighted by Gasteiger charge is 2.18. The summed E-state index contributed by atoms with van der Waals surface area (Å²) in [7, 11) is 2.02. The van der Waals surface area contributed by atoms with Gasteiger partial charge in [0, 0.05) is 30.9 Å². The van der Waals surface area contributed by atoms with Crippen molar-refractivity contribution in [2.45, 2.75) is 18.9 Å². The maximum absolute atomic E-state index is 5.38. The van der Waals surface area contributed by atoms with Crippen molar-refractivity contribution < 1.29 is 0 Å². The van der Waals surface area contributed by atoms with Gasteiger partial charge in [-0.25, -0.2) is 0 Å². The molecule has 1 aromatic heterocycles. The second-order valence-electron chi connectivity index (χ2n) is 4.15. The van der Waals surface area contributed by atoms with E-state index in [0.717, 1.165) is 24.3 Å². The van der Waals surface area contributed by atoms with E-state index in [4.69, 9.17) is 6.42 Å². The van der Waals surface area contributed by atoms with Gasteiger partial charge in [-0.15, -0.1) is 6.42 Å². The summed E-state index contributed by atoms with van der Waals surface area (Å²) in [6.07, 6.45) is 11.5. The Morgan fingerprint density at radius 3 is 3.19 bits per heavy atom. The van der Waals surface area contributed by atoms with Crippen LogP contribution in [0.2, 0.25) is 0 Å². The third-order valence-electron chi connectivity index (χ3n) is 3.09. The van der Waals surface area contributed by atoms with Gasteiger partial charge in [-0.1, -0.05) is 5.92 Å². The summed E-state index contributed by atoms with van der Waals surface area (Å²) < 4.78 is 0. The van der Waals surface area contributed by atoms with Gasteiger partial charge in [0.25, 0.3) is 0 Å². The molecule has 1 aliphatic heterocycles. The number of hydrogen-bond acceptors (Lipinski definition) is 3. The average Bonchev–Trinajstić information content (AvgIpc) is 2.39. The van der Waals surface area contributed by atoms with Gasteiger partial charge < -0.3 is 10.2 Å². The Labute approximate surface area is 96.9 Å². The molecule has 1 aromatic rings. The standard InChI is InChI=1S/C13H17N3/c1-3-11-7-13(9-15-8-11)16-6-4-5-12(10-16)14-2/h1,7-9,12,14H,4-6,10H2,2H3/t12-/m0/s1. The van der Waals surface area contributed by atoms with E-state index in [9.17, 15) is 0 Å². The maximum Gasteiger partial charge on any atom is 0.0565 e. The number of pyridine rings is 1. The molecule has 0 radical (unpaired) electrons. The Morgan fingerprint density at radius 1 is 1.56 bits per heavy atom. The monoisotopic (exact) mass is 215 g/mol. The summed E-state index contributed by atoms with van der Waals surface area (Å²) in [4.78, 5) is 6.52. The van der Waals surface area contributed by atoms with Crippen molar-refractivity contribution in [2.24, 2.45) is 0 Å². The zero-order chi connectivity index (χ0) is 11.4. The molecule has 0 aliphatic carbocycles. The highest BCUT2D eigenvalue weighted by molar-refractivity contribution is 5.50. The zero-order valence-electron chi connectivity index (χ0n) is 9.61. The van der Waals surface area contributed by atoms with E-state index in [0.29, 0.717) is 6.04 Å². The minimum atomic E-state index is 0.572. The lowest BCUT2D eigenvalue weighted by atomic mass is 10.1. The highest BCUT2D eigenvalue weighted by atomic mass is 15.2. The van der Waals surface area contributed by atoms with Gasteiger partial charge in [0.05, 0.1) is 11.9 Å². The first-order valence-electron chi connectivity index (χ1n) is 5.67. The minimum Gasteiger partial charge on any atom is -0.369 e. The predicted octanol–water partition coefficient (Wildman–Crippen LogP) is 1.25. The first kappa shape index (κ1) is 11.0. The topological polar surface area (TPSA) is 28.2 Å². The normalized spacial score (nSPS) is 20.5. The molecule has 0 aromatic carbocycles. The fraction of sp³-hybridized carbons (Fsp3) is 0.462. The minimum absolute atomic E-state index is 0.572. The Bertz CT molecular complexity index is 394. The lowest BCUT2D eigenvalue weighted by molar-refractivity contribution is 0.449. The molecule has 0 bridgehead atoms. The van der Waals surface area contributed by atoms with E-state index in [1.54, 1.807) is 6.20 Å². The van der Waals surface area contributed by atoms with Crippen LogP contribution in [0.4, 0.5) is 5.69 Å². The van der Waals surface area contributed by atoms with Crippen LogP contribution in [0.5, 0.6) is 0 Å². The third kappa shape index (κ3) is 2.34. The van der Waals surface area contributed by atoms with Gasteiger partial charge in [0.1, 0.15) is 0 Å². The SMILES string of the molecule is C#Cc1cncc(N2CCC[C@H](NC)C2)c1. The summed E-state index contributed by atoms with van der Waals surface area (Å²) in [5.41, 5.74) is 1.99. The molecule has 2 heterocycles. The fourth-order valence-corrected chi connectivity index (χ4v) is 2.13. The first-order chi connectivity index (χ1) is 7.83. The molecule has 1 atom stereocenters. The summed E-state index contributed by atoms with van der Waals surface area (Å²) in [6.45, 7) is 2.13. The molecule has 0 spiro atoms. The molecule has 0 unspecified atom stereocenters. The van der Waals surface area contributed by atoms with Gasteiger partial charge in [0.15, 0.2) is 0 Å². The number of aromatic nitrogens is 1. The Kier molecular flexibility index (Phi) is 3.43. The molecule has 1 saturated heterocycles. The molecular weight excluding hydrogens is 198 g/mol. The van der Waals surface area contributed by atoms with Gasteiger partial charge in [0.2, 0.25) is 0 Å². The smallest absolute Gasteiger partial charge is 0.0565 e. The molecule has 16 heavy (non-hydrogen) atoms. The van der Waals surface area contributed by atoms with Crippen LogP contribution in [0, 0.1) is 12.3 Å². The molecule has 3 heteroatoms. The molecule has 3 nitrogen and oxygen atoms in total. The van der Waals surface area contributed by atoms with E-state index >= 15 is 0 Å². The van der Waals surface area contributed by atoms with Crippen molar-refractivity contribution in [2.75, 3.05) is 25.0 Å². The number of nitrogens with zero attached hydrogens (tertiary/aromatic N) is 2. The molecule has 0 amide bonds. The average molecular weight is 215 g/mol. The van der Waals surface area contributed by atoms with Crippen molar-refractivity contribution in [1.29, 1.82) is 0 Å². The molecular formula is C13H17N3. The second kappa shape index (κ2) is 5.00. The molecule has 1 aliphatic rings. The van der Waals surface area contributed by atoms with Crippen molar-refractivity contribution >= 4 is 5.69 Å². The molecule has 1 fully saturated rings. The fourth-order valence-electron chi connectivity index (χ4n) is 2.13. The Hall–Kier alpha value is -1.53. The van der Waals surface area contributed by atoms with Crippen LogP contribution in [-0.4, -0.2) is 31.2 Å². The van der Waals surface area contributed by atoms with Crippen LogP contribution in [0.15, 0.2) is 18.5 Å². The van der Waals surface area contributed by atoms with Gasteiger partial charge in [-0.2, -0.15) is 0 Å². The van der Waals surface area contributed by atoms with Crippen molar-refractivity contribution in [3.63, 3.8) is 0 Å². The number of likely N-dealkylation sites (N-methyl/N-ethyl adjacent to an activating group) is 1. The lowest BCUT2D eigenvalue weighted by Gasteiger charge is -2.34. The second-order valence-corrected chi connectivity index (χ2v) is 4.15. The first-order valence-corrected chi connectivity index (χ1v) is 5.67. The number of nitrogens with one attached hydrogen (secondary N) is 1. The van der Waals surface area contributed by atoms with Crippen LogP contribution >= 0.6 is 0 Å². The number of piperidine rings is 1. The van der Waals surface area contributed by atoms with Crippen LogP contribution in [0.3, 0.4) is 0 Å². The predicted molar refractivity (Wildman–Crippen MR) is 66.5 cm³/mol. The van der Waals surface area contributed by atoms with Gasteiger partial charge in [-0.3, -0.25) is 4.98 Å². The summed E-state index contributed by atoms with van der Waals surface area (Å²) in [6, 6.07) is 2.61. The van der Waals surface area contributed by atoms with Crippen LogP contribution < -0.4 is 10.2 Å².